The van der Waals surface area contributed by atoms with Crippen molar-refractivity contribution < 1.29 is 17.6 Å². The van der Waals surface area contributed by atoms with Crippen LogP contribution in [0.4, 0.5) is 17.6 Å². The van der Waals surface area contributed by atoms with E-state index in [0.29, 0.717) is 22.8 Å². The molecule has 1 aromatic carbocycles. The second kappa shape index (κ2) is 5.47. The van der Waals surface area contributed by atoms with Gasteiger partial charge in [0.2, 0.25) is 0 Å². The molecule has 0 aliphatic carbocycles. The Morgan fingerprint density at radius 2 is 0.917 bits per heavy atom. The van der Waals surface area contributed by atoms with Crippen LogP contribution in [0.15, 0.2) is 12.1 Å². The quantitative estimate of drug-likeness (QED) is 0.526. The van der Waals surface area contributed by atoms with Crippen LogP contribution in [-0.4, -0.2) is 19.6 Å². The molecule has 0 aliphatic rings. The molecule has 0 radical (unpaired) electrons. The van der Waals surface area contributed by atoms with Crippen molar-refractivity contribution >= 4 is 0 Å². The topological polar surface area (TPSA) is 35.6 Å². The van der Waals surface area contributed by atoms with Gasteiger partial charge < -0.3 is 0 Å². The van der Waals surface area contributed by atoms with Crippen LogP contribution in [0.25, 0.3) is 11.4 Å². The molecular formula is C16H14F4N4. The Kier molecular flexibility index (Phi) is 3.70. The second-order valence-electron chi connectivity index (χ2n) is 5.63. The lowest BCUT2D eigenvalue weighted by Gasteiger charge is -2.14. The lowest BCUT2D eigenvalue weighted by atomic mass is 10.2. The van der Waals surface area contributed by atoms with Crippen molar-refractivity contribution in [2.24, 2.45) is 0 Å². The van der Waals surface area contributed by atoms with Gasteiger partial charge in [-0.2, -0.15) is 10.2 Å². The van der Waals surface area contributed by atoms with E-state index in [-0.39, 0.29) is 0 Å². The molecule has 0 N–H and O–H groups in total. The summed E-state index contributed by atoms with van der Waals surface area (Å²) in [6.07, 6.45) is 0. The molecule has 0 fully saturated rings. The smallest absolute Gasteiger partial charge is 0.189 e. The molecule has 0 spiro atoms. The van der Waals surface area contributed by atoms with Gasteiger partial charge in [-0.05, 0) is 39.8 Å². The Morgan fingerprint density at radius 1 is 0.625 bits per heavy atom. The largest absolute Gasteiger partial charge is 0.232 e. The third kappa shape index (κ3) is 2.29. The zero-order valence-corrected chi connectivity index (χ0v) is 13.5. The van der Waals surface area contributed by atoms with Gasteiger partial charge in [-0.1, -0.05) is 0 Å². The van der Waals surface area contributed by atoms with Crippen molar-refractivity contribution in [3.8, 4) is 11.4 Å². The number of aryl methyl sites for hydroxylation is 4. The molecule has 0 unspecified atom stereocenters. The Balaban J connectivity index is 2.34. The van der Waals surface area contributed by atoms with Crippen LogP contribution in [0.2, 0.25) is 0 Å². The summed E-state index contributed by atoms with van der Waals surface area (Å²) in [5.74, 6) is -6.10. The summed E-state index contributed by atoms with van der Waals surface area (Å²) in [5.41, 5.74) is -0.142. The van der Waals surface area contributed by atoms with Crippen LogP contribution < -0.4 is 0 Å². The normalized spacial score (nSPS) is 11.3. The summed E-state index contributed by atoms with van der Waals surface area (Å²) < 4.78 is 59.8. The maximum absolute atomic E-state index is 14.5. The van der Waals surface area contributed by atoms with Crippen molar-refractivity contribution in [3.05, 3.63) is 58.2 Å². The lowest BCUT2D eigenvalue weighted by molar-refractivity contribution is 0.433. The SMILES string of the molecule is Cc1cc(C)n(-c2c(F)c(F)c(-n3nc(C)cc3C)c(F)c2F)n1. The molecule has 3 aromatic rings. The minimum absolute atomic E-state index is 0.350. The molecule has 24 heavy (non-hydrogen) atoms. The maximum Gasteiger partial charge on any atom is 0.189 e. The molecule has 0 atom stereocenters. The molecule has 0 aliphatic heterocycles. The average Bonchev–Trinajstić information content (AvgIpc) is 2.99. The highest BCUT2D eigenvalue weighted by atomic mass is 19.2. The highest BCUT2D eigenvalue weighted by Gasteiger charge is 2.29. The molecule has 8 heteroatoms. The van der Waals surface area contributed by atoms with E-state index in [4.69, 9.17) is 0 Å². The number of aromatic nitrogens is 4. The number of hydrogen-bond donors (Lipinski definition) is 0. The van der Waals surface area contributed by atoms with Crippen LogP contribution in [0.3, 0.4) is 0 Å². The van der Waals surface area contributed by atoms with E-state index in [1.165, 1.54) is 13.8 Å². The molecule has 0 saturated heterocycles. The molecule has 2 aromatic heterocycles. The fourth-order valence-electron chi connectivity index (χ4n) is 2.69. The summed E-state index contributed by atoms with van der Waals surface area (Å²) in [4.78, 5) is 0. The molecule has 126 valence electrons. The Bertz CT molecular complexity index is 849. The fraction of sp³-hybridized carbons (Fsp3) is 0.250. The third-order valence-corrected chi connectivity index (χ3v) is 3.66. The molecule has 0 amide bonds. The number of rotatable bonds is 2. The lowest BCUT2D eigenvalue weighted by Crippen LogP contribution is -2.15. The standard InChI is InChI=1S/C16H14F4N4/c1-7-5-9(3)23(21-7)15-11(17)13(19)16(14(20)12(15)18)24-10(4)6-8(2)22-24/h5-6H,1-4H3. The molecule has 0 saturated carbocycles. The zero-order valence-electron chi connectivity index (χ0n) is 13.5. The summed E-state index contributed by atoms with van der Waals surface area (Å²) in [6.45, 7) is 6.28. The van der Waals surface area contributed by atoms with Crippen LogP contribution in [0.1, 0.15) is 22.8 Å². The van der Waals surface area contributed by atoms with Gasteiger partial charge in [-0.15, -0.1) is 0 Å². The van der Waals surface area contributed by atoms with Crippen molar-refractivity contribution in [2.45, 2.75) is 27.7 Å². The number of nitrogens with zero attached hydrogens (tertiary/aromatic N) is 4. The van der Waals surface area contributed by atoms with Gasteiger partial charge in [0.05, 0.1) is 11.4 Å². The third-order valence-electron chi connectivity index (χ3n) is 3.66. The molecule has 0 bridgehead atoms. The predicted molar refractivity (Wildman–Crippen MR) is 79.5 cm³/mol. The van der Waals surface area contributed by atoms with Gasteiger partial charge >= 0.3 is 0 Å². The van der Waals surface area contributed by atoms with Gasteiger partial charge in [0.1, 0.15) is 11.4 Å². The van der Waals surface area contributed by atoms with Gasteiger partial charge in [0, 0.05) is 11.4 Å². The van der Waals surface area contributed by atoms with Crippen LogP contribution >= 0.6 is 0 Å². The van der Waals surface area contributed by atoms with Crippen LogP contribution in [-0.2, 0) is 0 Å². The van der Waals surface area contributed by atoms with E-state index in [1.807, 2.05) is 0 Å². The Morgan fingerprint density at radius 3 is 1.12 bits per heavy atom. The monoisotopic (exact) mass is 338 g/mol. The highest BCUT2D eigenvalue weighted by molar-refractivity contribution is 5.48. The maximum atomic E-state index is 14.5. The van der Waals surface area contributed by atoms with Crippen molar-refractivity contribution in [2.75, 3.05) is 0 Å². The minimum Gasteiger partial charge on any atom is -0.232 e. The molecular weight excluding hydrogens is 324 g/mol. The summed E-state index contributed by atoms with van der Waals surface area (Å²) >= 11 is 0. The first-order valence-corrected chi connectivity index (χ1v) is 7.15. The number of halogens is 4. The average molecular weight is 338 g/mol. The summed E-state index contributed by atoms with van der Waals surface area (Å²) in [6, 6.07) is 3.09. The first-order chi connectivity index (χ1) is 11.2. The van der Waals surface area contributed by atoms with E-state index >= 15 is 0 Å². The van der Waals surface area contributed by atoms with Crippen molar-refractivity contribution in [3.63, 3.8) is 0 Å². The van der Waals surface area contributed by atoms with Gasteiger partial charge in [0.15, 0.2) is 23.3 Å². The first-order valence-electron chi connectivity index (χ1n) is 7.15. The van der Waals surface area contributed by atoms with E-state index in [9.17, 15) is 17.6 Å². The zero-order chi connectivity index (χ0) is 17.8. The van der Waals surface area contributed by atoms with Gasteiger partial charge in [-0.3, -0.25) is 0 Å². The highest BCUT2D eigenvalue weighted by Crippen LogP contribution is 2.30. The van der Waals surface area contributed by atoms with Crippen molar-refractivity contribution in [1.82, 2.24) is 19.6 Å². The first kappa shape index (κ1) is 16.2. The molecule has 3 rings (SSSR count). The molecule has 4 nitrogen and oxygen atoms in total. The van der Waals surface area contributed by atoms with Gasteiger partial charge in [-0.25, -0.2) is 26.9 Å². The van der Waals surface area contributed by atoms with E-state index in [1.54, 1.807) is 26.0 Å². The fourth-order valence-corrected chi connectivity index (χ4v) is 2.69. The van der Waals surface area contributed by atoms with Crippen molar-refractivity contribution in [1.29, 1.82) is 0 Å². The minimum atomic E-state index is -1.53. The van der Waals surface area contributed by atoms with E-state index in [0.717, 1.165) is 9.36 Å². The second-order valence-corrected chi connectivity index (χ2v) is 5.63. The Hall–Kier alpha value is -2.64. The van der Waals surface area contributed by atoms with Crippen LogP contribution in [0, 0.1) is 51.0 Å². The number of hydrogen-bond acceptors (Lipinski definition) is 2. The summed E-state index contributed by atoms with van der Waals surface area (Å²) in [7, 11) is 0. The summed E-state index contributed by atoms with van der Waals surface area (Å²) in [5, 5.41) is 7.78. The van der Waals surface area contributed by atoms with E-state index in [2.05, 4.69) is 10.2 Å². The Labute approximate surface area is 135 Å². The van der Waals surface area contributed by atoms with E-state index < -0.39 is 34.6 Å². The predicted octanol–water partition coefficient (Wildman–Crippen LogP) is 3.85. The van der Waals surface area contributed by atoms with Gasteiger partial charge in [0.25, 0.3) is 0 Å². The number of benzene rings is 1. The van der Waals surface area contributed by atoms with Crippen LogP contribution in [0.5, 0.6) is 0 Å². The molecule has 2 heterocycles.